The van der Waals surface area contributed by atoms with Gasteiger partial charge in [0.15, 0.2) is 0 Å². The molecule has 8 nitrogen and oxygen atoms in total. The summed E-state index contributed by atoms with van der Waals surface area (Å²) < 4.78 is 0. The Kier molecular flexibility index (Phi) is 7.32. The van der Waals surface area contributed by atoms with Crippen molar-refractivity contribution in [2.45, 2.75) is 32.2 Å². The van der Waals surface area contributed by atoms with E-state index in [1.807, 2.05) is 35.2 Å². The first-order valence-electron chi connectivity index (χ1n) is 11.4. The van der Waals surface area contributed by atoms with Gasteiger partial charge in [-0.2, -0.15) is 0 Å². The van der Waals surface area contributed by atoms with Crippen molar-refractivity contribution >= 4 is 17.4 Å². The van der Waals surface area contributed by atoms with Gasteiger partial charge >= 0.3 is 0 Å². The van der Waals surface area contributed by atoms with E-state index in [-0.39, 0.29) is 11.8 Å². The van der Waals surface area contributed by atoms with Crippen molar-refractivity contribution in [2.24, 2.45) is 17.0 Å². The van der Waals surface area contributed by atoms with Gasteiger partial charge < -0.3 is 15.5 Å². The van der Waals surface area contributed by atoms with Gasteiger partial charge in [-0.1, -0.05) is 17.3 Å². The molecule has 0 spiro atoms. The summed E-state index contributed by atoms with van der Waals surface area (Å²) in [4.78, 5) is 31.3. The molecular weight excluding hydrogens is 404 g/mol. The van der Waals surface area contributed by atoms with Gasteiger partial charge in [0, 0.05) is 49.4 Å². The summed E-state index contributed by atoms with van der Waals surface area (Å²) in [7, 11) is 1.57. The molecule has 0 atom stereocenters. The van der Waals surface area contributed by atoms with Crippen molar-refractivity contribution in [3.05, 3.63) is 54.0 Å². The van der Waals surface area contributed by atoms with Gasteiger partial charge in [0.1, 0.15) is 18.6 Å². The first-order valence-corrected chi connectivity index (χ1v) is 11.4. The van der Waals surface area contributed by atoms with Crippen LogP contribution in [0.4, 0.5) is 5.82 Å². The fraction of sp³-hybridized carbons (Fsp3) is 0.500. The fourth-order valence-electron chi connectivity index (χ4n) is 4.74. The minimum atomic E-state index is 0.108. The van der Waals surface area contributed by atoms with Crippen LogP contribution in [0.2, 0.25) is 0 Å². The lowest BCUT2D eigenvalue weighted by molar-refractivity contribution is -0.138. The Morgan fingerprint density at radius 1 is 1.03 bits per heavy atom. The van der Waals surface area contributed by atoms with Gasteiger partial charge in [-0.25, -0.2) is 4.98 Å². The molecule has 4 heterocycles. The monoisotopic (exact) mass is 436 g/mol. The number of anilines is 1. The predicted octanol–water partition coefficient (Wildman–Crippen LogP) is 2.56. The first kappa shape index (κ1) is 22.2. The lowest BCUT2D eigenvalue weighted by Crippen LogP contribution is -2.46. The number of pyridine rings is 2. The summed E-state index contributed by atoms with van der Waals surface area (Å²) in [5.41, 5.74) is 8.76. The lowest BCUT2D eigenvalue weighted by Gasteiger charge is -2.37. The molecule has 2 aliphatic heterocycles. The molecule has 0 aromatic carbocycles. The third-order valence-electron chi connectivity index (χ3n) is 6.57. The van der Waals surface area contributed by atoms with Crippen LogP contribution in [0.1, 0.15) is 36.9 Å². The van der Waals surface area contributed by atoms with Crippen LogP contribution in [0, 0.1) is 11.8 Å². The number of aromatic nitrogens is 2. The molecule has 4 rings (SSSR count). The highest BCUT2D eigenvalue weighted by atomic mass is 16.6. The normalized spacial score (nSPS) is 19.2. The average molecular weight is 437 g/mol. The number of likely N-dealkylation sites (tertiary alicyclic amines) is 2. The van der Waals surface area contributed by atoms with Gasteiger partial charge in [0.05, 0.1) is 5.69 Å². The number of amides is 1. The first-order chi connectivity index (χ1) is 15.7. The molecule has 2 aliphatic rings. The Hall–Kier alpha value is -3.00. The number of nitrogen functional groups attached to an aromatic ring is 1. The van der Waals surface area contributed by atoms with Gasteiger partial charge in [-0.15, -0.1) is 0 Å². The minimum Gasteiger partial charge on any atom is -0.399 e. The molecule has 2 aromatic rings. The highest BCUT2D eigenvalue weighted by Crippen LogP contribution is 2.27. The van der Waals surface area contributed by atoms with Crippen LogP contribution >= 0.6 is 0 Å². The second-order valence-electron chi connectivity index (χ2n) is 8.57. The summed E-state index contributed by atoms with van der Waals surface area (Å²) in [5, 5.41) is 4.26. The molecule has 0 aliphatic carbocycles. The molecular formula is C24H32N6O2. The molecule has 0 radical (unpaired) electrons. The molecule has 170 valence electrons. The molecule has 2 saturated heterocycles. The maximum absolute atomic E-state index is 13.2. The van der Waals surface area contributed by atoms with Crippen LogP contribution in [0.15, 0.2) is 47.9 Å². The molecule has 0 bridgehead atoms. The van der Waals surface area contributed by atoms with E-state index < -0.39 is 0 Å². The summed E-state index contributed by atoms with van der Waals surface area (Å²) >= 11 is 0. The van der Waals surface area contributed by atoms with Crippen molar-refractivity contribution in [3.63, 3.8) is 0 Å². The maximum Gasteiger partial charge on any atom is 0.225 e. The van der Waals surface area contributed by atoms with E-state index in [1.54, 1.807) is 19.5 Å². The Morgan fingerprint density at radius 2 is 1.75 bits per heavy atom. The number of piperidine rings is 2. The molecule has 8 heteroatoms. The molecule has 32 heavy (non-hydrogen) atoms. The van der Waals surface area contributed by atoms with E-state index in [2.05, 4.69) is 20.0 Å². The van der Waals surface area contributed by atoms with Crippen molar-refractivity contribution in [2.75, 3.05) is 39.0 Å². The lowest BCUT2D eigenvalue weighted by atomic mass is 9.88. The number of hydrogen-bond donors (Lipinski definition) is 1. The van der Waals surface area contributed by atoms with Crippen molar-refractivity contribution in [3.8, 4) is 0 Å². The highest BCUT2D eigenvalue weighted by molar-refractivity contribution is 6.00. The van der Waals surface area contributed by atoms with E-state index in [9.17, 15) is 4.79 Å². The molecule has 2 N–H and O–H groups in total. The third kappa shape index (κ3) is 5.24. The number of carbonyl (C=O) groups is 1. The van der Waals surface area contributed by atoms with E-state index >= 15 is 0 Å². The Bertz CT molecular complexity index is 919. The smallest absolute Gasteiger partial charge is 0.225 e. The summed E-state index contributed by atoms with van der Waals surface area (Å²) in [6, 6.07) is 9.76. The number of nitrogens with zero attached hydrogens (tertiary/aromatic N) is 5. The summed E-state index contributed by atoms with van der Waals surface area (Å²) in [6.45, 7) is 4.12. The standard InChI is InChI=1S/C24H32N6O2/c1-32-28-22(21-6-2-3-11-26-21)18-9-15-30(16-10-18)24(31)19-7-13-29(14-8-19)17-20-5-4-12-27-23(20)25/h2-6,11-12,18-19H,7-10,13-17H2,1H3,(H2,25,27)/b28-22+. The SMILES string of the molecule is CO/N=C(/c1ccccn1)C1CCN(C(=O)C2CCN(Cc3cccnc3N)CC2)CC1. The number of rotatable bonds is 6. The van der Waals surface area contributed by atoms with E-state index in [0.29, 0.717) is 11.7 Å². The van der Waals surface area contributed by atoms with Crippen LogP contribution in [0.3, 0.4) is 0 Å². The molecule has 2 fully saturated rings. The van der Waals surface area contributed by atoms with Crippen LogP contribution < -0.4 is 5.73 Å². The van der Waals surface area contributed by atoms with Crippen molar-refractivity contribution in [1.82, 2.24) is 19.8 Å². The zero-order valence-corrected chi connectivity index (χ0v) is 18.7. The van der Waals surface area contributed by atoms with Gasteiger partial charge in [-0.05, 0) is 57.0 Å². The zero-order valence-electron chi connectivity index (χ0n) is 18.7. The molecule has 0 unspecified atom stereocenters. The number of hydrogen-bond acceptors (Lipinski definition) is 7. The number of nitrogens with two attached hydrogens (primary N) is 1. The zero-order chi connectivity index (χ0) is 22.3. The third-order valence-corrected chi connectivity index (χ3v) is 6.57. The van der Waals surface area contributed by atoms with E-state index in [4.69, 9.17) is 10.6 Å². The maximum atomic E-state index is 13.2. The quantitative estimate of drug-likeness (QED) is 0.552. The highest BCUT2D eigenvalue weighted by Gasteiger charge is 2.32. The second-order valence-corrected chi connectivity index (χ2v) is 8.57. The summed E-state index contributed by atoms with van der Waals surface area (Å²) in [5.74, 6) is 1.25. The van der Waals surface area contributed by atoms with E-state index in [0.717, 1.165) is 75.4 Å². The summed E-state index contributed by atoms with van der Waals surface area (Å²) in [6.07, 6.45) is 7.03. The van der Waals surface area contributed by atoms with Crippen molar-refractivity contribution in [1.29, 1.82) is 0 Å². The van der Waals surface area contributed by atoms with Crippen molar-refractivity contribution < 1.29 is 9.63 Å². The molecule has 0 saturated carbocycles. The minimum absolute atomic E-state index is 0.108. The van der Waals surface area contributed by atoms with Crippen LogP contribution in [-0.2, 0) is 16.2 Å². The molecule has 2 aromatic heterocycles. The van der Waals surface area contributed by atoms with Crippen LogP contribution in [-0.4, -0.2) is 64.7 Å². The number of oxime groups is 1. The number of carbonyl (C=O) groups excluding carboxylic acids is 1. The largest absolute Gasteiger partial charge is 0.399 e. The Labute approximate surface area is 189 Å². The van der Waals surface area contributed by atoms with Gasteiger partial charge in [0.25, 0.3) is 0 Å². The fourth-order valence-corrected chi connectivity index (χ4v) is 4.74. The predicted molar refractivity (Wildman–Crippen MR) is 124 cm³/mol. The Morgan fingerprint density at radius 3 is 2.41 bits per heavy atom. The second kappa shape index (κ2) is 10.5. The van der Waals surface area contributed by atoms with Gasteiger partial charge in [-0.3, -0.25) is 14.7 Å². The molecule has 1 amide bonds. The van der Waals surface area contributed by atoms with E-state index in [1.165, 1.54) is 0 Å². The van der Waals surface area contributed by atoms with Crippen LogP contribution in [0.5, 0.6) is 0 Å². The van der Waals surface area contributed by atoms with Gasteiger partial charge in [0.2, 0.25) is 5.91 Å². The topological polar surface area (TPSA) is 96.9 Å². The Balaban J connectivity index is 1.28. The average Bonchev–Trinajstić information content (AvgIpc) is 2.85. The van der Waals surface area contributed by atoms with Crippen LogP contribution in [0.25, 0.3) is 0 Å².